The molecule has 0 aromatic heterocycles. The molecule has 1 unspecified atom stereocenters. The predicted octanol–water partition coefficient (Wildman–Crippen LogP) is 1.66. The van der Waals surface area contributed by atoms with Crippen LogP contribution in [0.5, 0.6) is 0 Å². The molecule has 1 aromatic rings. The van der Waals surface area contributed by atoms with Crippen LogP contribution in [0.25, 0.3) is 0 Å². The molecular weight excluding hydrogens is 338 g/mol. The normalized spacial score (nSPS) is 25.7. The Hall–Kier alpha value is -1.43. The average molecular weight is 372 g/mol. The minimum Gasteiger partial charge on any atom is -0.384 e. The lowest BCUT2D eigenvalue weighted by atomic mass is 9.90. The summed E-state index contributed by atoms with van der Waals surface area (Å²) in [6.07, 6.45) is 2.78. The molecule has 0 N–H and O–H groups in total. The van der Waals surface area contributed by atoms with Gasteiger partial charge in [-0.2, -0.15) is 0 Å². The van der Waals surface area contributed by atoms with Crippen molar-refractivity contribution in [2.45, 2.75) is 31.7 Å². The van der Waals surface area contributed by atoms with Crippen molar-refractivity contribution in [1.29, 1.82) is 0 Å². The maximum atomic E-state index is 13.9. The lowest BCUT2D eigenvalue weighted by molar-refractivity contribution is -0.145. The fraction of sp³-hybridized carbons (Fsp3) is 0.682. The van der Waals surface area contributed by atoms with Crippen LogP contribution in [0.15, 0.2) is 24.3 Å². The van der Waals surface area contributed by atoms with Crippen molar-refractivity contribution in [2.75, 3.05) is 59.5 Å². The second-order valence-corrected chi connectivity index (χ2v) is 8.44. The first kappa shape index (κ1) is 18.9. The minimum absolute atomic E-state index is 0.349. The van der Waals surface area contributed by atoms with Gasteiger partial charge in [0.05, 0.1) is 6.61 Å². The number of nitrogens with zero attached hydrogens (tertiary/aromatic N) is 3. The highest BCUT2D eigenvalue weighted by atomic mass is 16.5. The summed E-state index contributed by atoms with van der Waals surface area (Å²) in [5, 5.41) is 0. The third-order valence-corrected chi connectivity index (χ3v) is 6.88. The predicted molar refractivity (Wildman–Crippen MR) is 107 cm³/mol. The molecule has 3 aliphatic rings. The molecule has 27 heavy (non-hydrogen) atoms. The van der Waals surface area contributed by atoms with E-state index in [0.29, 0.717) is 11.8 Å². The van der Waals surface area contributed by atoms with Crippen molar-refractivity contribution < 1.29 is 9.53 Å². The van der Waals surface area contributed by atoms with Gasteiger partial charge in [-0.15, -0.1) is 0 Å². The smallest absolute Gasteiger partial charge is 0.243 e. The van der Waals surface area contributed by atoms with Gasteiger partial charge in [-0.3, -0.25) is 9.69 Å². The number of likely N-dealkylation sites (tertiary alicyclic amines) is 1. The molecule has 2 heterocycles. The number of hydrogen-bond donors (Lipinski definition) is 0. The van der Waals surface area contributed by atoms with E-state index in [4.69, 9.17) is 4.74 Å². The van der Waals surface area contributed by atoms with Gasteiger partial charge in [0.25, 0.3) is 0 Å². The van der Waals surface area contributed by atoms with Crippen LogP contribution in [-0.2, 0) is 22.4 Å². The molecule has 0 saturated carbocycles. The number of fused-ring (bicyclic) bond motifs is 1. The molecule has 2 saturated heterocycles. The second-order valence-electron chi connectivity index (χ2n) is 8.44. The molecule has 1 aromatic carbocycles. The number of carbonyl (C=O) groups is 1. The van der Waals surface area contributed by atoms with Gasteiger partial charge in [0.15, 0.2) is 0 Å². The maximum Gasteiger partial charge on any atom is 0.243 e. The van der Waals surface area contributed by atoms with E-state index in [-0.39, 0.29) is 5.54 Å². The van der Waals surface area contributed by atoms with Gasteiger partial charge in [-0.1, -0.05) is 31.2 Å². The van der Waals surface area contributed by atoms with Gasteiger partial charge in [-0.25, -0.2) is 0 Å². The molecule has 5 heteroatoms. The summed E-state index contributed by atoms with van der Waals surface area (Å²) >= 11 is 0. The number of amides is 1. The number of benzene rings is 1. The van der Waals surface area contributed by atoms with Gasteiger partial charge in [0.2, 0.25) is 5.91 Å². The summed E-state index contributed by atoms with van der Waals surface area (Å²) in [6, 6.07) is 8.65. The van der Waals surface area contributed by atoms with Crippen LogP contribution in [0, 0.1) is 5.92 Å². The standard InChI is InChI=1S/C22H33N3O2/c1-3-23-10-12-25(13-11-23)22(14-19-6-4-5-7-20(19)15-22)21(26)24-9-8-18(16-24)17-27-2/h4-7,18H,3,8-17H2,1-2H3. The lowest BCUT2D eigenvalue weighted by Crippen LogP contribution is -2.64. The fourth-order valence-corrected chi connectivity index (χ4v) is 5.28. The van der Waals surface area contributed by atoms with Crippen LogP contribution in [-0.4, -0.2) is 85.7 Å². The third kappa shape index (κ3) is 3.53. The number of methoxy groups -OCH3 is 1. The van der Waals surface area contributed by atoms with Crippen molar-refractivity contribution in [2.24, 2.45) is 5.92 Å². The van der Waals surface area contributed by atoms with E-state index < -0.39 is 0 Å². The Bertz CT molecular complexity index is 644. The minimum atomic E-state index is -0.383. The SMILES string of the molecule is CCN1CCN(C2(C(=O)N3CCC(COC)C3)Cc3ccccc3C2)CC1. The first-order valence-electron chi connectivity index (χ1n) is 10.5. The van der Waals surface area contributed by atoms with Crippen LogP contribution in [0.3, 0.4) is 0 Å². The second kappa shape index (κ2) is 7.90. The highest BCUT2D eigenvalue weighted by molar-refractivity contribution is 5.88. The molecule has 0 radical (unpaired) electrons. The van der Waals surface area contributed by atoms with Gasteiger partial charge >= 0.3 is 0 Å². The average Bonchev–Trinajstić information content (AvgIpc) is 3.33. The molecule has 4 rings (SSSR count). The Morgan fingerprint density at radius 2 is 1.78 bits per heavy atom. The quantitative estimate of drug-likeness (QED) is 0.789. The Kier molecular flexibility index (Phi) is 5.53. The maximum absolute atomic E-state index is 13.9. The molecule has 1 amide bonds. The molecule has 2 fully saturated rings. The van der Waals surface area contributed by atoms with E-state index in [1.165, 1.54) is 11.1 Å². The van der Waals surface area contributed by atoms with Crippen molar-refractivity contribution in [3.63, 3.8) is 0 Å². The van der Waals surface area contributed by atoms with Crippen molar-refractivity contribution in [1.82, 2.24) is 14.7 Å². The lowest BCUT2D eigenvalue weighted by Gasteiger charge is -2.46. The van der Waals surface area contributed by atoms with Gasteiger partial charge < -0.3 is 14.5 Å². The summed E-state index contributed by atoms with van der Waals surface area (Å²) < 4.78 is 5.34. The van der Waals surface area contributed by atoms with Crippen LogP contribution in [0.4, 0.5) is 0 Å². The molecule has 0 bridgehead atoms. The number of ether oxygens (including phenoxy) is 1. The van der Waals surface area contributed by atoms with Gasteiger partial charge in [0, 0.05) is 65.1 Å². The molecule has 0 spiro atoms. The van der Waals surface area contributed by atoms with Crippen LogP contribution in [0.2, 0.25) is 0 Å². The largest absolute Gasteiger partial charge is 0.384 e. The number of hydrogen-bond acceptors (Lipinski definition) is 4. The first-order valence-corrected chi connectivity index (χ1v) is 10.5. The molecule has 1 atom stereocenters. The summed E-state index contributed by atoms with van der Waals surface area (Å²) in [4.78, 5) is 21.0. The zero-order valence-electron chi connectivity index (χ0n) is 16.8. The highest BCUT2D eigenvalue weighted by Gasteiger charge is 2.51. The zero-order chi connectivity index (χ0) is 18.9. The Morgan fingerprint density at radius 1 is 1.11 bits per heavy atom. The fourth-order valence-electron chi connectivity index (χ4n) is 5.28. The van der Waals surface area contributed by atoms with Crippen molar-refractivity contribution in [3.8, 4) is 0 Å². The van der Waals surface area contributed by atoms with Gasteiger partial charge in [0.1, 0.15) is 5.54 Å². The number of carbonyl (C=O) groups excluding carboxylic acids is 1. The number of likely N-dealkylation sites (N-methyl/N-ethyl adjacent to an activating group) is 1. The highest BCUT2D eigenvalue weighted by Crippen LogP contribution is 2.38. The monoisotopic (exact) mass is 371 g/mol. The summed E-state index contributed by atoms with van der Waals surface area (Å²) in [5.41, 5.74) is 2.33. The molecular formula is C22H33N3O2. The summed E-state index contributed by atoms with van der Waals surface area (Å²) in [5.74, 6) is 0.832. The number of piperazine rings is 1. The van der Waals surface area contributed by atoms with Crippen molar-refractivity contribution in [3.05, 3.63) is 35.4 Å². The molecule has 148 valence electrons. The van der Waals surface area contributed by atoms with E-state index in [0.717, 1.165) is 71.7 Å². The van der Waals surface area contributed by atoms with Crippen molar-refractivity contribution >= 4 is 5.91 Å². The Morgan fingerprint density at radius 3 is 2.37 bits per heavy atom. The summed E-state index contributed by atoms with van der Waals surface area (Å²) in [6.45, 7) is 9.90. The zero-order valence-corrected chi connectivity index (χ0v) is 16.8. The van der Waals surface area contributed by atoms with Crippen LogP contribution < -0.4 is 0 Å². The van der Waals surface area contributed by atoms with E-state index in [1.54, 1.807) is 7.11 Å². The van der Waals surface area contributed by atoms with Crippen LogP contribution >= 0.6 is 0 Å². The summed E-state index contributed by atoms with van der Waals surface area (Å²) in [7, 11) is 1.76. The topological polar surface area (TPSA) is 36.0 Å². The van der Waals surface area contributed by atoms with E-state index in [9.17, 15) is 4.79 Å². The number of rotatable bonds is 5. The van der Waals surface area contributed by atoms with E-state index >= 15 is 0 Å². The Labute approximate surface area is 163 Å². The Balaban J connectivity index is 1.57. The third-order valence-electron chi connectivity index (χ3n) is 6.88. The van der Waals surface area contributed by atoms with E-state index in [2.05, 4.69) is 45.9 Å². The van der Waals surface area contributed by atoms with Crippen LogP contribution in [0.1, 0.15) is 24.5 Å². The molecule has 2 aliphatic heterocycles. The first-order chi connectivity index (χ1) is 13.2. The van der Waals surface area contributed by atoms with Gasteiger partial charge in [-0.05, 0) is 24.1 Å². The molecule has 1 aliphatic carbocycles. The molecule has 5 nitrogen and oxygen atoms in total. The van der Waals surface area contributed by atoms with E-state index in [1.807, 2.05) is 0 Å².